The number of carbonyl (C=O) groups is 1. The van der Waals surface area contributed by atoms with Crippen LogP contribution in [0.5, 0.6) is 0 Å². The standard InChI is InChI=1S/C22H23N5O2/c1-15-23-21(25-29-15)17-7-4-8-18(12-17)24-22(28)26-10-5-11-27-19(14-26)13-16-6-2-3-9-20(16)27/h2-4,6-9,12,19H,5,10-11,13-14H2,1H3,(H,24,28). The molecule has 1 fully saturated rings. The zero-order valence-electron chi connectivity index (χ0n) is 16.3. The van der Waals surface area contributed by atoms with Crippen LogP contribution in [0.25, 0.3) is 11.4 Å². The summed E-state index contributed by atoms with van der Waals surface area (Å²) in [4.78, 5) is 21.6. The van der Waals surface area contributed by atoms with Gasteiger partial charge in [0.2, 0.25) is 11.7 Å². The van der Waals surface area contributed by atoms with Crippen LogP contribution in [0, 0.1) is 6.92 Å². The molecule has 0 spiro atoms. The molecule has 5 rings (SSSR count). The Labute approximate surface area is 169 Å². The van der Waals surface area contributed by atoms with Gasteiger partial charge in [-0.3, -0.25) is 0 Å². The van der Waals surface area contributed by atoms with Gasteiger partial charge in [0.25, 0.3) is 0 Å². The van der Waals surface area contributed by atoms with Crippen LogP contribution in [0.1, 0.15) is 17.9 Å². The predicted octanol–water partition coefficient (Wildman–Crippen LogP) is 3.71. The number of amides is 2. The highest BCUT2D eigenvalue weighted by atomic mass is 16.5. The van der Waals surface area contributed by atoms with E-state index in [2.05, 4.69) is 44.6 Å². The van der Waals surface area contributed by atoms with Gasteiger partial charge in [0.15, 0.2) is 0 Å². The van der Waals surface area contributed by atoms with Crippen LogP contribution >= 0.6 is 0 Å². The molecule has 29 heavy (non-hydrogen) atoms. The molecule has 0 saturated carbocycles. The Morgan fingerprint density at radius 3 is 2.93 bits per heavy atom. The van der Waals surface area contributed by atoms with Crippen molar-refractivity contribution in [2.45, 2.75) is 25.8 Å². The number of rotatable bonds is 2. The number of hydrogen-bond acceptors (Lipinski definition) is 5. The van der Waals surface area contributed by atoms with Crippen LogP contribution in [0.15, 0.2) is 53.1 Å². The summed E-state index contributed by atoms with van der Waals surface area (Å²) in [5.74, 6) is 1.04. The first-order chi connectivity index (χ1) is 14.2. The molecule has 0 bridgehead atoms. The second-order valence-corrected chi connectivity index (χ2v) is 7.63. The first kappa shape index (κ1) is 17.7. The molecule has 2 aliphatic heterocycles. The molecule has 148 valence electrons. The molecule has 1 unspecified atom stereocenters. The number of nitrogens with one attached hydrogen (secondary N) is 1. The van der Waals surface area contributed by atoms with Crippen molar-refractivity contribution in [3.05, 3.63) is 60.0 Å². The van der Waals surface area contributed by atoms with Gasteiger partial charge in [-0.2, -0.15) is 4.98 Å². The summed E-state index contributed by atoms with van der Waals surface area (Å²) in [5.41, 5.74) is 4.24. The van der Waals surface area contributed by atoms with Gasteiger partial charge in [0.1, 0.15) is 0 Å². The Bertz CT molecular complexity index is 1050. The fraction of sp³-hybridized carbons (Fsp3) is 0.318. The number of para-hydroxylation sites is 1. The van der Waals surface area contributed by atoms with Gasteiger partial charge in [-0.05, 0) is 36.6 Å². The molecule has 0 radical (unpaired) electrons. The molecule has 1 saturated heterocycles. The third kappa shape index (κ3) is 3.44. The van der Waals surface area contributed by atoms with Gasteiger partial charge in [-0.25, -0.2) is 4.79 Å². The van der Waals surface area contributed by atoms with E-state index in [-0.39, 0.29) is 6.03 Å². The van der Waals surface area contributed by atoms with Crippen LogP contribution in [-0.2, 0) is 6.42 Å². The number of carbonyl (C=O) groups excluding carboxylic acids is 1. The van der Waals surface area contributed by atoms with E-state index in [1.807, 2.05) is 29.2 Å². The molecular formula is C22H23N5O2. The maximum Gasteiger partial charge on any atom is 0.321 e. The smallest absolute Gasteiger partial charge is 0.321 e. The first-order valence-electron chi connectivity index (χ1n) is 9.98. The molecule has 3 heterocycles. The first-order valence-corrected chi connectivity index (χ1v) is 9.98. The lowest BCUT2D eigenvalue weighted by atomic mass is 10.1. The highest BCUT2D eigenvalue weighted by molar-refractivity contribution is 5.90. The van der Waals surface area contributed by atoms with Crippen molar-refractivity contribution in [1.82, 2.24) is 15.0 Å². The van der Waals surface area contributed by atoms with Gasteiger partial charge < -0.3 is 19.6 Å². The minimum Gasteiger partial charge on any atom is -0.366 e. The predicted molar refractivity (Wildman–Crippen MR) is 111 cm³/mol. The van der Waals surface area contributed by atoms with Crippen LogP contribution in [-0.4, -0.2) is 46.7 Å². The second-order valence-electron chi connectivity index (χ2n) is 7.63. The van der Waals surface area contributed by atoms with Crippen LogP contribution in [0.4, 0.5) is 16.2 Å². The van der Waals surface area contributed by atoms with E-state index < -0.39 is 0 Å². The Hall–Kier alpha value is -3.35. The van der Waals surface area contributed by atoms with E-state index in [4.69, 9.17) is 4.52 Å². The molecule has 1 atom stereocenters. The Morgan fingerprint density at radius 2 is 2.07 bits per heavy atom. The summed E-state index contributed by atoms with van der Waals surface area (Å²) in [6, 6.07) is 16.4. The lowest BCUT2D eigenvalue weighted by Crippen LogP contribution is -2.43. The molecule has 3 aromatic rings. The summed E-state index contributed by atoms with van der Waals surface area (Å²) in [5, 5.41) is 6.99. The minimum absolute atomic E-state index is 0.0655. The van der Waals surface area contributed by atoms with Crippen molar-refractivity contribution < 1.29 is 9.32 Å². The van der Waals surface area contributed by atoms with E-state index in [0.29, 0.717) is 17.8 Å². The maximum absolute atomic E-state index is 13.0. The Balaban J connectivity index is 1.29. The molecule has 7 heteroatoms. The van der Waals surface area contributed by atoms with Gasteiger partial charge in [-0.1, -0.05) is 35.5 Å². The number of benzene rings is 2. The number of aryl methyl sites for hydroxylation is 1. The fourth-order valence-corrected chi connectivity index (χ4v) is 4.31. The highest BCUT2D eigenvalue weighted by Crippen LogP contribution is 2.33. The zero-order valence-corrected chi connectivity index (χ0v) is 16.3. The summed E-state index contributed by atoms with van der Waals surface area (Å²) in [6.07, 6.45) is 1.95. The van der Waals surface area contributed by atoms with Crippen molar-refractivity contribution in [3.63, 3.8) is 0 Å². The maximum atomic E-state index is 13.0. The molecule has 1 N–H and O–H groups in total. The molecule has 1 aromatic heterocycles. The van der Waals surface area contributed by atoms with E-state index in [1.54, 1.807) is 6.92 Å². The van der Waals surface area contributed by atoms with Crippen molar-refractivity contribution in [1.29, 1.82) is 0 Å². The number of fused-ring (bicyclic) bond motifs is 3. The van der Waals surface area contributed by atoms with Crippen molar-refractivity contribution in [2.24, 2.45) is 0 Å². The second kappa shape index (κ2) is 7.24. The Kier molecular flexibility index (Phi) is 4.42. The molecular weight excluding hydrogens is 366 g/mol. The average molecular weight is 389 g/mol. The van der Waals surface area contributed by atoms with E-state index in [0.717, 1.165) is 43.7 Å². The summed E-state index contributed by atoms with van der Waals surface area (Å²) in [6.45, 7) is 4.22. The number of urea groups is 1. The molecule has 7 nitrogen and oxygen atoms in total. The number of anilines is 2. The van der Waals surface area contributed by atoms with Gasteiger partial charge in [0.05, 0.1) is 6.04 Å². The molecule has 2 aromatic carbocycles. The van der Waals surface area contributed by atoms with E-state index >= 15 is 0 Å². The van der Waals surface area contributed by atoms with E-state index in [1.165, 1.54) is 11.3 Å². The summed E-state index contributed by atoms with van der Waals surface area (Å²) < 4.78 is 5.05. The highest BCUT2D eigenvalue weighted by Gasteiger charge is 2.33. The Morgan fingerprint density at radius 1 is 1.17 bits per heavy atom. The lowest BCUT2D eigenvalue weighted by molar-refractivity contribution is 0.211. The third-order valence-electron chi connectivity index (χ3n) is 5.64. The lowest BCUT2D eigenvalue weighted by Gasteiger charge is -2.27. The van der Waals surface area contributed by atoms with Crippen LogP contribution in [0.2, 0.25) is 0 Å². The third-order valence-corrected chi connectivity index (χ3v) is 5.64. The van der Waals surface area contributed by atoms with Crippen LogP contribution < -0.4 is 10.2 Å². The van der Waals surface area contributed by atoms with Crippen LogP contribution in [0.3, 0.4) is 0 Å². The normalized spacial score (nSPS) is 18.2. The number of aromatic nitrogens is 2. The average Bonchev–Trinajstić information content (AvgIpc) is 3.24. The quantitative estimate of drug-likeness (QED) is 0.723. The number of hydrogen-bond donors (Lipinski definition) is 1. The van der Waals surface area contributed by atoms with Gasteiger partial charge in [0, 0.05) is 43.5 Å². The molecule has 2 aliphatic rings. The van der Waals surface area contributed by atoms with Gasteiger partial charge in [-0.15, -0.1) is 0 Å². The monoisotopic (exact) mass is 389 g/mol. The van der Waals surface area contributed by atoms with Gasteiger partial charge >= 0.3 is 6.03 Å². The van der Waals surface area contributed by atoms with E-state index in [9.17, 15) is 4.79 Å². The SMILES string of the molecule is Cc1nc(-c2cccc(NC(=O)N3CCCN4c5ccccc5CC4C3)c2)no1. The fourth-order valence-electron chi connectivity index (χ4n) is 4.31. The topological polar surface area (TPSA) is 74.5 Å². The largest absolute Gasteiger partial charge is 0.366 e. The minimum atomic E-state index is -0.0655. The van der Waals surface area contributed by atoms with Crippen molar-refractivity contribution in [3.8, 4) is 11.4 Å². The number of nitrogens with zero attached hydrogens (tertiary/aromatic N) is 4. The summed E-state index contributed by atoms with van der Waals surface area (Å²) >= 11 is 0. The summed E-state index contributed by atoms with van der Waals surface area (Å²) in [7, 11) is 0. The molecule has 2 amide bonds. The molecule has 0 aliphatic carbocycles. The zero-order chi connectivity index (χ0) is 19.8. The van der Waals surface area contributed by atoms with Crippen molar-refractivity contribution >= 4 is 17.4 Å². The van der Waals surface area contributed by atoms with Crippen molar-refractivity contribution in [2.75, 3.05) is 29.9 Å².